The maximum Gasteiger partial charge on any atom is 0.261 e. The van der Waals surface area contributed by atoms with Gasteiger partial charge >= 0.3 is 0 Å². The lowest BCUT2D eigenvalue weighted by molar-refractivity contribution is 0.102. The largest absolute Gasteiger partial charge is 0.497 e. The minimum Gasteiger partial charge on any atom is -0.497 e. The minimum atomic E-state index is -0.442. The summed E-state index contributed by atoms with van der Waals surface area (Å²) in [5.41, 5.74) is 2.79. The zero-order valence-electron chi connectivity index (χ0n) is 17.7. The van der Waals surface area contributed by atoms with Gasteiger partial charge in [-0.05, 0) is 55.5 Å². The molecule has 0 saturated carbocycles. The van der Waals surface area contributed by atoms with Crippen LogP contribution in [0.25, 0.3) is 11.0 Å². The van der Waals surface area contributed by atoms with Crippen molar-refractivity contribution in [2.75, 3.05) is 12.4 Å². The van der Waals surface area contributed by atoms with Crippen LogP contribution in [-0.4, -0.2) is 23.1 Å². The Labute approximate surface area is 199 Å². The Morgan fingerprint density at radius 2 is 1.91 bits per heavy atom. The Balaban J connectivity index is 1.89. The molecule has 2 N–H and O–H groups in total. The molecule has 0 fully saturated rings. The molecular formula is C24H19Cl2N3O4. The first-order chi connectivity index (χ1) is 15.9. The van der Waals surface area contributed by atoms with Crippen molar-refractivity contribution in [3.8, 4) is 5.75 Å². The SMILES string of the molecule is COc1ccc(NC(=O)c2cc3c(CO)cnc(C)c3oc2=Nc2ccc(Cl)c(Cl)c2)cc1. The molecule has 4 aromatic rings. The van der Waals surface area contributed by atoms with Crippen molar-refractivity contribution < 1.29 is 19.1 Å². The van der Waals surface area contributed by atoms with E-state index in [2.05, 4.69) is 15.3 Å². The Bertz CT molecular complexity index is 1420. The van der Waals surface area contributed by atoms with Gasteiger partial charge in [0, 0.05) is 22.8 Å². The fraction of sp³-hybridized carbons (Fsp3) is 0.125. The molecular weight excluding hydrogens is 465 g/mol. The number of ether oxygens (including phenoxy) is 1. The van der Waals surface area contributed by atoms with Gasteiger partial charge in [-0.1, -0.05) is 23.2 Å². The Morgan fingerprint density at radius 3 is 2.58 bits per heavy atom. The summed E-state index contributed by atoms with van der Waals surface area (Å²) in [5, 5.41) is 13.9. The molecule has 0 aliphatic heterocycles. The maximum absolute atomic E-state index is 13.2. The smallest absolute Gasteiger partial charge is 0.261 e. The summed E-state index contributed by atoms with van der Waals surface area (Å²) in [4.78, 5) is 22.0. The molecule has 0 bridgehead atoms. The first-order valence-corrected chi connectivity index (χ1v) is 10.6. The second-order valence-electron chi connectivity index (χ2n) is 7.13. The number of benzene rings is 2. The van der Waals surface area contributed by atoms with E-state index in [1.54, 1.807) is 68.8 Å². The number of hydrogen-bond donors (Lipinski definition) is 2. The maximum atomic E-state index is 13.2. The molecule has 7 nitrogen and oxygen atoms in total. The first kappa shape index (κ1) is 22.8. The van der Waals surface area contributed by atoms with Crippen LogP contribution in [0.15, 0.2) is 64.1 Å². The molecule has 2 aromatic carbocycles. The Morgan fingerprint density at radius 1 is 1.15 bits per heavy atom. The number of pyridine rings is 1. The van der Waals surface area contributed by atoms with Gasteiger partial charge in [0.25, 0.3) is 5.91 Å². The number of aliphatic hydroxyl groups is 1. The van der Waals surface area contributed by atoms with Gasteiger partial charge in [-0.25, -0.2) is 4.99 Å². The third kappa shape index (κ3) is 4.85. The molecule has 9 heteroatoms. The van der Waals surface area contributed by atoms with E-state index in [-0.39, 0.29) is 17.7 Å². The van der Waals surface area contributed by atoms with Crippen LogP contribution in [0.4, 0.5) is 11.4 Å². The molecule has 2 heterocycles. The third-order valence-electron chi connectivity index (χ3n) is 4.95. The van der Waals surface area contributed by atoms with E-state index in [4.69, 9.17) is 32.4 Å². The lowest BCUT2D eigenvalue weighted by Crippen LogP contribution is -2.22. The van der Waals surface area contributed by atoms with E-state index >= 15 is 0 Å². The number of aliphatic hydroxyl groups excluding tert-OH is 1. The molecule has 0 aliphatic rings. The second kappa shape index (κ2) is 9.62. The number of rotatable bonds is 5. The molecule has 2 aromatic heterocycles. The van der Waals surface area contributed by atoms with Gasteiger partial charge in [0.2, 0.25) is 5.55 Å². The predicted octanol–water partition coefficient (Wildman–Crippen LogP) is 5.43. The van der Waals surface area contributed by atoms with Crippen molar-refractivity contribution in [2.24, 2.45) is 4.99 Å². The zero-order chi connectivity index (χ0) is 23.5. The van der Waals surface area contributed by atoms with Crippen LogP contribution in [-0.2, 0) is 6.61 Å². The highest BCUT2D eigenvalue weighted by Crippen LogP contribution is 2.27. The number of nitrogens with one attached hydrogen (secondary N) is 1. The molecule has 0 aliphatic carbocycles. The van der Waals surface area contributed by atoms with Crippen LogP contribution in [0.1, 0.15) is 21.6 Å². The van der Waals surface area contributed by atoms with Crippen molar-refractivity contribution in [1.82, 2.24) is 4.98 Å². The van der Waals surface area contributed by atoms with Crippen LogP contribution in [0.5, 0.6) is 5.75 Å². The standard InChI is InChI=1S/C24H19Cl2N3O4/c1-13-22-18(14(12-30)11-27-13)10-19(23(31)28-15-3-6-17(32-2)7-4-15)24(33-22)29-16-5-8-20(25)21(26)9-16/h3-11,30H,12H2,1-2H3,(H,28,31). The van der Waals surface area contributed by atoms with E-state index in [1.807, 2.05) is 0 Å². The van der Waals surface area contributed by atoms with Gasteiger partial charge < -0.3 is 19.6 Å². The van der Waals surface area contributed by atoms with E-state index in [9.17, 15) is 9.90 Å². The number of aryl methyl sites for hydroxylation is 1. The summed E-state index contributed by atoms with van der Waals surface area (Å²) in [5.74, 6) is 0.225. The van der Waals surface area contributed by atoms with Gasteiger partial charge in [0.15, 0.2) is 5.58 Å². The van der Waals surface area contributed by atoms with E-state index in [0.717, 1.165) is 0 Å². The zero-order valence-corrected chi connectivity index (χ0v) is 19.2. The minimum absolute atomic E-state index is 0.0619. The van der Waals surface area contributed by atoms with Gasteiger partial charge in [-0.15, -0.1) is 0 Å². The summed E-state index contributed by atoms with van der Waals surface area (Å²) in [7, 11) is 1.57. The number of methoxy groups -OCH3 is 1. The summed E-state index contributed by atoms with van der Waals surface area (Å²) < 4.78 is 11.2. The fourth-order valence-corrected chi connectivity index (χ4v) is 3.50. The quantitative estimate of drug-likeness (QED) is 0.394. The lowest BCUT2D eigenvalue weighted by Gasteiger charge is -2.10. The topological polar surface area (TPSA) is 97.0 Å². The van der Waals surface area contributed by atoms with Gasteiger partial charge in [0.05, 0.1) is 35.1 Å². The Hall–Kier alpha value is -3.39. The number of carbonyl (C=O) groups excluding carboxylic acids is 1. The summed E-state index contributed by atoms with van der Waals surface area (Å²) in [6.07, 6.45) is 1.55. The molecule has 0 radical (unpaired) electrons. The van der Waals surface area contributed by atoms with Crippen LogP contribution in [0.3, 0.4) is 0 Å². The normalized spacial score (nSPS) is 11.6. The summed E-state index contributed by atoms with van der Waals surface area (Å²) in [6.45, 7) is 1.51. The van der Waals surface area contributed by atoms with Gasteiger partial charge in [-0.3, -0.25) is 9.78 Å². The number of carbonyl (C=O) groups is 1. The molecule has 0 unspecified atom stereocenters. The highest BCUT2D eigenvalue weighted by Gasteiger charge is 2.17. The van der Waals surface area contributed by atoms with Crippen LogP contribution in [0.2, 0.25) is 10.0 Å². The van der Waals surface area contributed by atoms with Crippen molar-refractivity contribution in [3.05, 3.63) is 87.1 Å². The summed E-state index contributed by atoms with van der Waals surface area (Å²) in [6, 6.07) is 13.4. The first-order valence-electron chi connectivity index (χ1n) is 9.88. The van der Waals surface area contributed by atoms with E-state index in [1.165, 1.54) is 0 Å². The molecule has 168 valence electrons. The van der Waals surface area contributed by atoms with Crippen LogP contribution < -0.4 is 15.6 Å². The molecule has 0 spiro atoms. The summed E-state index contributed by atoms with van der Waals surface area (Å²) >= 11 is 12.1. The predicted molar refractivity (Wildman–Crippen MR) is 127 cm³/mol. The van der Waals surface area contributed by atoms with Crippen molar-refractivity contribution in [2.45, 2.75) is 13.5 Å². The lowest BCUT2D eigenvalue weighted by atomic mass is 10.1. The van der Waals surface area contributed by atoms with E-state index in [0.29, 0.717) is 49.4 Å². The van der Waals surface area contributed by atoms with Gasteiger partial charge in [-0.2, -0.15) is 0 Å². The number of anilines is 1. The monoisotopic (exact) mass is 483 g/mol. The molecule has 0 saturated heterocycles. The number of hydrogen-bond acceptors (Lipinski definition) is 6. The highest BCUT2D eigenvalue weighted by atomic mass is 35.5. The number of aromatic nitrogens is 1. The fourth-order valence-electron chi connectivity index (χ4n) is 3.20. The van der Waals surface area contributed by atoms with Crippen LogP contribution in [0, 0.1) is 6.92 Å². The number of amides is 1. The van der Waals surface area contributed by atoms with E-state index < -0.39 is 5.91 Å². The average molecular weight is 484 g/mol. The highest BCUT2D eigenvalue weighted by molar-refractivity contribution is 6.42. The molecule has 33 heavy (non-hydrogen) atoms. The van der Waals surface area contributed by atoms with Crippen molar-refractivity contribution in [1.29, 1.82) is 0 Å². The number of nitrogens with zero attached hydrogens (tertiary/aromatic N) is 2. The Kier molecular flexibility index (Phi) is 6.65. The third-order valence-corrected chi connectivity index (χ3v) is 5.69. The van der Waals surface area contributed by atoms with Gasteiger partial charge in [0.1, 0.15) is 11.3 Å². The number of halogens is 2. The number of fused-ring (bicyclic) bond motifs is 1. The van der Waals surface area contributed by atoms with Crippen LogP contribution >= 0.6 is 23.2 Å². The molecule has 1 amide bonds. The van der Waals surface area contributed by atoms with Crippen molar-refractivity contribution in [3.63, 3.8) is 0 Å². The molecule has 0 atom stereocenters. The van der Waals surface area contributed by atoms with Crippen molar-refractivity contribution >= 4 is 51.5 Å². The second-order valence-corrected chi connectivity index (χ2v) is 7.94. The molecule has 4 rings (SSSR count). The average Bonchev–Trinajstić information content (AvgIpc) is 2.82.